The zero-order chi connectivity index (χ0) is 22.3. The van der Waals surface area contributed by atoms with Crippen molar-refractivity contribution in [2.45, 2.75) is 33.9 Å². The molecule has 0 saturated carbocycles. The molecule has 4 rings (SSSR count). The van der Waals surface area contributed by atoms with Gasteiger partial charge in [0.15, 0.2) is 15.4 Å². The van der Waals surface area contributed by atoms with Crippen molar-refractivity contribution in [1.29, 1.82) is 0 Å². The number of carbonyl (C=O) groups excluding carboxylic acids is 1. The second kappa shape index (κ2) is 8.20. The van der Waals surface area contributed by atoms with E-state index in [2.05, 4.69) is 16.1 Å². The minimum absolute atomic E-state index is 0.0774. The number of ketones is 1. The van der Waals surface area contributed by atoms with Gasteiger partial charge in [-0.3, -0.25) is 14.2 Å². The predicted octanol–water partition coefficient (Wildman–Crippen LogP) is 4.77. The Bertz CT molecular complexity index is 1450. The predicted molar refractivity (Wildman–Crippen MR) is 127 cm³/mol. The molecule has 158 valence electrons. The van der Waals surface area contributed by atoms with E-state index in [1.54, 1.807) is 10.6 Å². The Kier molecular flexibility index (Phi) is 5.60. The molecule has 0 bridgehead atoms. The highest BCUT2D eigenvalue weighted by Crippen LogP contribution is 2.24. The maximum atomic E-state index is 13.1. The summed E-state index contributed by atoms with van der Waals surface area (Å²) in [4.78, 5) is 30.5. The lowest BCUT2D eigenvalue weighted by atomic mass is 10.1. The Labute approximate surface area is 188 Å². The SMILES string of the molecule is C=CCn1c(=S)sc2c(=O)n(CC(=O)c3cc(C)n(-c4ccccc4C)c3C)cnc21. The Morgan fingerprint density at radius 1 is 1.26 bits per heavy atom. The van der Waals surface area contributed by atoms with Gasteiger partial charge >= 0.3 is 0 Å². The van der Waals surface area contributed by atoms with E-state index in [0.717, 1.165) is 22.6 Å². The van der Waals surface area contributed by atoms with Gasteiger partial charge in [-0.1, -0.05) is 35.6 Å². The number of aryl methyl sites for hydroxylation is 2. The number of fused-ring (bicyclic) bond motifs is 1. The van der Waals surface area contributed by atoms with Crippen molar-refractivity contribution in [2.75, 3.05) is 0 Å². The maximum absolute atomic E-state index is 13.1. The van der Waals surface area contributed by atoms with Crippen LogP contribution in [-0.2, 0) is 13.1 Å². The number of Topliss-reactive ketones (excluding diaryl/α,β-unsaturated/α-hetero) is 1. The van der Waals surface area contributed by atoms with E-state index in [1.165, 1.54) is 22.2 Å². The number of para-hydroxylation sites is 1. The van der Waals surface area contributed by atoms with Gasteiger partial charge in [0.25, 0.3) is 5.56 Å². The highest BCUT2D eigenvalue weighted by atomic mass is 32.1. The number of allylic oxidation sites excluding steroid dienone is 1. The molecule has 0 spiro atoms. The van der Waals surface area contributed by atoms with E-state index in [4.69, 9.17) is 12.2 Å². The van der Waals surface area contributed by atoms with Crippen molar-refractivity contribution in [2.24, 2.45) is 0 Å². The molecule has 0 aliphatic carbocycles. The number of aromatic nitrogens is 4. The van der Waals surface area contributed by atoms with Gasteiger partial charge in [-0.05, 0) is 50.7 Å². The van der Waals surface area contributed by atoms with Crippen molar-refractivity contribution in [1.82, 2.24) is 18.7 Å². The third kappa shape index (κ3) is 3.62. The smallest absolute Gasteiger partial charge is 0.273 e. The first-order valence-corrected chi connectivity index (χ1v) is 11.0. The molecule has 0 N–H and O–H groups in total. The minimum Gasteiger partial charge on any atom is -0.317 e. The summed E-state index contributed by atoms with van der Waals surface area (Å²) < 4.78 is 6.21. The Morgan fingerprint density at radius 2 is 2.00 bits per heavy atom. The van der Waals surface area contributed by atoms with Crippen molar-refractivity contribution in [3.63, 3.8) is 0 Å². The molecule has 1 aromatic carbocycles. The van der Waals surface area contributed by atoms with Gasteiger partial charge in [0.05, 0.1) is 6.54 Å². The summed E-state index contributed by atoms with van der Waals surface area (Å²) in [6.45, 7) is 10.1. The fourth-order valence-electron chi connectivity index (χ4n) is 3.84. The third-order valence-corrected chi connectivity index (χ3v) is 6.78. The third-order valence-electron chi connectivity index (χ3n) is 5.36. The Hall–Kier alpha value is -3.10. The molecule has 4 aromatic rings. The molecule has 0 unspecified atom stereocenters. The summed E-state index contributed by atoms with van der Waals surface area (Å²) in [6.07, 6.45) is 3.13. The van der Waals surface area contributed by atoms with Crippen LogP contribution in [0, 0.1) is 24.7 Å². The zero-order valence-corrected chi connectivity index (χ0v) is 19.2. The molecule has 0 radical (unpaired) electrons. The summed E-state index contributed by atoms with van der Waals surface area (Å²) in [5.41, 5.74) is 4.86. The van der Waals surface area contributed by atoms with Crippen LogP contribution in [0.4, 0.5) is 0 Å². The molecule has 6 nitrogen and oxygen atoms in total. The number of carbonyl (C=O) groups is 1. The monoisotopic (exact) mass is 450 g/mol. The van der Waals surface area contributed by atoms with E-state index in [-0.39, 0.29) is 17.9 Å². The molecule has 8 heteroatoms. The average molecular weight is 451 g/mol. The minimum atomic E-state index is -0.259. The first kappa shape index (κ1) is 21.1. The van der Waals surface area contributed by atoms with Crippen molar-refractivity contribution < 1.29 is 4.79 Å². The lowest BCUT2D eigenvalue weighted by molar-refractivity contribution is 0.0970. The van der Waals surface area contributed by atoms with Gasteiger partial charge in [0.1, 0.15) is 11.0 Å². The summed E-state index contributed by atoms with van der Waals surface area (Å²) in [5, 5.41) is 0. The quantitative estimate of drug-likeness (QED) is 0.241. The molecule has 0 fully saturated rings. The summed E-state index contributed by atoms with van der Waals surface area (Å²) in [7, 11) is 0. The summed E-state index contributed by atoms with van der Waals surface area (Å²) in [5.74, 6) is -0.134. The molecule has 0 amide bonds. The fraction of sp³-hybridized carbons (Fsp3) is 0.217. The van der Waals surface area contributed by atoms with Crippen molar-refractivity contribution in [3.8, 4) is 5.69 Å². The number of rotatable bonds is 6. The van der Waals surface area contributed by atoms with Crippen LogP contribution in [0.5, 0.6) is 0 Å². The second-order valence-corrected chi connectivity index (χ2v) is 9.07. The largest absolute Gasteiger partial charge is 0.317 e. The number of thiazole rings is 1. The number of nitrogens with zero attached hydrogens (tertiary/aromatic N) is 4. The lowest BCUT2D eigenvalue weighted by Gasteiger charge is -2.12. The molecular weight excluding hydrogens is 428 g/mol. The van der Waals surface area contributed by atoms with E-state index in [1.807, 2.05) is 51.1 Å². The van der Waals surface area contributed by atoms with Crippen LogP contribution in [0.15, 0.2) is 54.1 Å². The van der Waals surface area contributed by atoms with Gasteiger partial charge in [-0.25, -0.2) is 4.98 Å². The Morgan fingerprint density at radius 3 is 2.71 bits per heavy atom. The normalized spacial score (nSPS) is 11.2. The van der Waals surface area contributed by atoms with Crippen LogP contribution in [0.25, 0.3) is 16.0 Å². The number of hydrogen-bond acceptors (Lipinski definition) is 5. The molecule has 0 saturated heterocycles. The standard InChI is InChI=1S/C23H22N4O2S2/c1-5-10-26-21-20(31-23(26)30)22(29)25(13-24-21)12-19(28)17-11-15(3)27(16(17)4)18-9-7-6-8-14(18)2/h5-9,11,13H,1,10,12H2,2-4H3. The van der Waals surface area contributed by atoms with Gasteiger partial charge in [0, 0.05) is 29.2 Å². The van der Waals surface area contributed by atoms with Crippen LogP contribution in [0.2, 0.25) is 0 Å². The first-order valence-electron chi connectivity index (χ1n) is 9.81. The molecule has 3 heterocycles. The van der Waals surface area contributed by atoms with E-state index >= 15 is 0 Å². The van der Waals surface area contributed by atoms with Crippen LogP contribution < -0.4 is 5.56 Å². The van der Waals surface area contributed by atoms with Crippen LogP contribution in [0.3, 0.4) is 0 Å². The topological polar surface area (TPSA) is 61.8 Å². The molecule has 0 atom stereocenters. The van der Waals surface area contributed by atoms with E-state index in [9.17, 15) is 9.59 Å². The van der Waals surface area contributed by atoms with E-state index < -0.39 is 0 Å². The number of benzene rings is 1. The second-order valence-electron chi connectivity index (χ2n) is 7.43. The van der Waals surface area contributed by atoms with Crippen molar-refractivity contribution in [3.05, 3.63) is 86.1 Å². The molecular formula is C23H22N4O2S2. The maximum Gasteiger partial charge on any atom is 0.273 e. The highest BCUT2D eigenvalue weighted by molar-refractivity contribution is 7.73. The number of hydrogen-bond donors (Lipinski definition) is 0. The summed E-state index contributed by atoms with van der Waals surface area (Å²) >= 11 is 6.56. The fourth-order valence-corrected chi connectivity index (χ4v) is 5.16. The lowest BCUT2D eigenvalue weighted by Crippen LogP contribution is -2.24. The van der Waals surface area contributed by atoms with Gasteiger partial charge in [-0.15, -0.1) is 6.58 Å². The van der Waals surface area contributed by atoms with E-state index in [0.29, 0.717) is 26.4 Å². The summed E-state index contributed by atoms with van der Waals surface area (Å²) in [6, 6.07) is 9.94. The average Bonchev–Trinajstić information content (AvgIpc) is 3.21. The molecule has 3 aromatic heterocycles. The molecule has 31 heavy (non-hydrogen) atoms. The Balaban J connectivity index is 1.72. The van der Waals surface area contributed by atoms with Gasteiger partial charge in [-0.2, -0.15) is 0 Å². The zero-order valence-electron chi connectivity index (χ0n) is 17.6. The molecule has 0 aliphatic heterocycles. The van der Waals surface area contributed by atoms with Gasteiger partial charge in [0.2, 0.25) is 0 Å². The molecule has 0 aliphatic rings. The first-order chi connectivity index (χ1) is 14.8. The van der Waals surface area contributed by atoms with Crippen LogP contribution in [0.1, 0.15) is 27.3 Å². The van der Waals surface area contributed by atoms with Gasteiger partial charge < -0.3 is 9.13 Å². The van der Waals surface area contributed by atoms with Crippen LogP contribution >= 0.6 is 23.6 Å². The highest BCUT2D eigenvalue weighted by Gasteiger charge is 2.19. The van der Waals surface area contributed by atoms with Crippen molar-refractivity contribution >= 4 is 39.7 Å². The van der Waals surface area contributed by atoms with Crippen LogP contribution in [-0.4, -0.2) is 24.5 Å².